The van der Waals surface area contributed by atoms with Crippen molar-refractivity contribution in [2.75, 3.05) is 13.7 Å². The van der Waals surface area contributed by atoms with Crippen LogP contribution in [0.4, 0.5) is 0 Å². The Hall–Kier alpha value is -2.20. The molecule has 9 nitrogen and oxygen atoms in total. The zero-order valence-corrected chi connectivity index (χ0v) is 22.2. The number of benzene rings is 1. The van der Waals surface area contributed by atoms with Crippen molar-refractivity contribution in [1.82, 2.24) is 5.32 Å². The average Bonchev–Trinajstić information content (AvgIpc) is 3.12. The number of carbonyl (C=O) groups is 2. The zero-order chi connectivity index (χ0) is 26.2. The summed E-state index contributed by atoms with van der Waals surface area (Å²) in [5.41, 5.74) is 0.401. The number of esters is 1. The van der Waals surface area contributed by atoms with Crippen LogP contribution >= 0.6 is 0 Å². The quantitative estimate of drug-likeness (QED) is 0.410. The highest BCUT2D eigenvalue weighted by Crippen LogP contribution is 2.60. The van der Waals surface area contributed by atoms with Gasteiger partial charge < -0.3 is 24.3 Å². The summed E-state index contributed by atoms with van der Waals surface area (Å²) in [6, 6.07) is 7.72. The molecule has 37 heavy (non-hydrogen) atoms. The molecule has 1 aliphatic carbocycles. The van der Waals surface area contributed by atoms with Crippen LogP contribution in [0.1, 0.15) is 64.9 Å². The smallest absolute Gasteiger partial charge is 0.308 e. The molecule has 1 spiro atoms. The van der Waals surface area contributed by atoms with E-state index in [0.717, 1.165) is 37.0 Å². The van der Waals surface area contributed by atoms with Gasteiger partial charge in [-0.25, -0.2) is 9.78 Å². The Morgan fingerprint density at radius 2 is 1.84 bits per heavy atom. The molecular weight excluding hydrogens is 478 g/mol. The topological polar surface area (TPSA) is 102 Å². The van der Waals surface area contributed by atoms with Crippen LogP contribution in [0.25, 0.3) is 0 Å². The fraction of sp³-hybridized carbons (Fsp3) is 0.714. The van der Waals surface area contributed by atoms with Gasteiger partial charge in [0.15, 0.2) is 11.9 Å². The van der Waals surface area contributed by atoms with Crippen molar-refractivity contribution >= 4 is 11.9 Å². The maximum Gasteiger partial charge on any atom is 0.308 e. The molecule has 6 rings (SSSR count). The van der Waals surface area contributed by atoms with Gasteiger partial charge in [0.2, 0.25) is 18.0 Å². The van der Waals surface area contributed by atoms with Crippen molar-refractivity contribution in [1.29, 1.82) is 0 Å². The number of ether oxygens (including phenoxy) is 4. The molecule has 1 aromatic rings. The monoisotopic (exact) mass is 517 g/mol. The van der Waals surface area contributed by atoms with Gasteiger partial charge in [0.05, 0.1) is 13.5 Å². The summed E-state index contributed by atoms with van der Waals surface area (Å²) in [5, 5.41) is 2.87. The van der Waals surface area contributed by atoms with E-state index in [1.807, 2.05) is 38.1 Å². The Balaban J connectivity index is 1.13. The second-order valence-corrected chi connectivity index (χ2v) is 11.2. The number of methoxy groups -OCH3 is 1. The lowest BCUT2D eigenvalue weighted by Crippen LogP contribution is -2.70. The number of rotatable bonds is 8. The van der Waals surface area contributed by atoms with Gasteiger partial charge in [-0.2, -0.15) is 0 Å². The number of hydrogen-bond donors (Lipinski definition) is 1. The second kappa shape index (κ2) is 10.5. The molecule has 9 heteroatoms. The van der Waals surface area contributed by atoms with E-state index in [-0.39, 0.29) is 36.5 Å². The van der Waals surface area contributed by atoms with Gasteiger partial charge in [0.25, 0.3) is 0 Å². The lowest BCUT2D eigenvalue weighted by molar-refractivity contribution is -0.576. The van der Waals surface area contributed by atoms with Crippen LogP contribution in [0.15, 0.2) is 24.3 Å². The molecule has 4 heterocycles. The molecular formula is C28H39NO8. The van der Waals surface area contributed by atoms with E-state index < -0.39 is 29.9 Å². The van der Waals surface area contributed by atoms with Crippen molar-refractivity contribution in [2.24, 2.45) is 23.7 Å². The van der Waals surface area contributed by atoms with E-state index in [1.54, 1.807) is 7.11 Å². The number of nitrogens with one attached hydrogen (secondary N) is 1. The highest BCUT2D eigenvalue weighted by Gasteiger charge is 2.69. The van der Waals surface area contributed by atoms with Gasteiger partial charge in [0.1, 0.15) is 5.75 Å². The van der Waals surface area contributed by atoms with Gasteiger partial charge in [0, 0.05) is 31.2 Å². The Labute approximate surface area is 218 Å². The minimum Gasteiger partial charge on any atom is -0.497 e. The third kappa shape index (κ3) is 5.11. The Morgan fingerprint density at radius 1 is 1.05 bits per heavy atom. The third-order valence-corrected chi connectivity index (χ3v) is 8.80. The van der Waals surface area contributed by atoms with E-state index in [0.29, 0.717) is 18.9 Å². The van der Waals surface area contributed by atoms with E-state index in [1.165, 1.54) is 0 Å². The largest absolute Gasteiger partial charge is 0.497 e. The van der Waals surface area contributed by atoms with E-state index >= 15 is 0 Å². The molecule has 1 aromatic carbocycles. The first kappa shape index (κ1) is 26.4. The summed E-state index contributed by atoms with van der Waals surface area (Å²) in [6.45, 7) is 6.66. The molecule has 5 aliphatic rings. The summed E-state index contributed by atoms with van der Waals surface area (Å²) in [4.78, 5) is 36.9. The first-order valence-corrected chi connectivity index (χ1v) is 13.5. The number of fused-ring (bicyclic) bond motifs is 2. The fourth-order valence-corrected chi connectivity index (χ4v) is 6.64. The van der Waals surface area contributed by atoms with Gasteiger partial charge in [-0.1, -0.05) is 26.0 Å². The number of hydrogen-bond acceptors (Lipinski definition) is 8. The predicted molar refractivity (Wildman–Crippen MR) is 132 cm³/mol. The van der Waals surface area contributed by atoms with Crippen molar-refractivity contribution in [3.63, 3.8) is 0 Å². The molecule has 8 unspecified atom stereocenters. The Bertz CT molecular complexity index is 985. The Kier molecular flexibility index (Phi) is 7.51. The SMILES string of the molecule is COc1ccc(CCNC(=O)CCC(=O)OC2OC3OC4(C)CCC5C(C)CCC(C2C)C35OO4)cc1. The molecule has 1 N–H and O–H groups in total. The molecule has 5 fully saturated rings. The molecule has 0 radical (unpaired) electrons. The molecule has 2 bridgehead atoms. The van der Waals surface area contributed by atoms with Crippen molar-refractivity contribution < 1.29 is 38.3 Å². The maximum absolute atomic E-state index is 12.7. The van der Waals surface area contributed by atoms with Crippen molar-refractivity contribution in [3.8, 4) is 5.75 Å². The van der Waals surface area contributed by atoms with Gasteiger partial charge in [-0.05, 0) is 62.1 Å². The van der Waals surface area contributed by atoms with Gasteiger partial charge in [-0.15, -0.1) is 0 Å². The van der Waals surface area contributed by atoms with E-state index in [9.17, 15) is 9.59 Å². The first-order valence-electron chi connectivity index (χ1n) is 13.5. The van der Waals surface area contributed by atoms with Crippen LogP contribution in [-0.4, -0.2) is 49.5 Å². The van der Waals surface area contributed by atoms with Crippen LogP contribution < -0.4 is 10.1 Å². The minimum absolute atomic E-state index is 0.0146. The van der Waals surface area contributed by atoms with Gasteiger partial charge in [-0.3, -0.25) is 9.59 Å². The molecule has 8 atom stereocenters. The summed E-state index contributed by atoms with van der Waals surface area (Å²) in [5.74, 6) is -0.0294. The summed E-state index contributed by atoms with van der Waals surface area (Å²) in [7, 11) is 1.63. The van der Waals surface area contributed by atoms with Crippen molar-refractivity contribution in [2.45, 2.75) is 89.7 Å². The summed E-state index contributed by atoms with van der Waals surface area (Å²) in [6.07, 6.45) is 2.99. The minimum atomic E-state index is -0.878. The van der Waals surface area contributed by atoms with E-state index in [4.69, 9.17) is 28.7 Å². The molecule has 0 aromatic heterocycles. The Morgan fingerprint density at radius 3 is 2.59 bits per heavy atom. The first-order chi connectivity index (χ1) is 17.7. The molecule has 4 saturated heterocycles. The van der Waals surface area contributed by atoms with Crippen LogP contribution in [0.3, 0.4) is 0 Å². The van der Waals surface area contributed by atoms with Crippen molar-refractivity contribution in [3.05, 3.63) is 29.8 Å². The highest BCUT2D eigenvalue weighted by molar-refractivity contribution is 5.81. The number of amides is 1. The normalized spacial score (nSPS) is 38.3. The predicted octanol–water partition coefficient (Wildman–Crippen LogP) is 3.89. The van der Waals surface area contributed by atoms with Crippen LogP contribution in [-0.2, 0) is 40.0 Å². The van der Waals surface area contributed by atoms with E-state index in [2.05, 4.69) is 12.2 Å². The van der Waals surface area contributed by atoms with Crippen LogP contribution in [0.2, 0.25) is 0 Å². The second-order valence-electron chi connectivity index (χ2n) is 11.2. The molecule has 204 valence electrons. The average molecular weight is 518 g/mol. The molecule has 4 aliphatic heterocycles. The molecule has 1 saturated carbocycles. The summed E-state index contributed by atoms with van der Waals surface area (Å²) < 4.78 is 23.5. The van der Waals surface area contributed by atoms with Crippen LogP contribution in [0.5, 0.6) is 5.75 Å². The number of carbonyl (C=O) groups excluding carboxylic acids is 2. The van der Waals surface area contributed by atoms with Crippen LogP contribution in [0, 0.1) is 23.7 Å². The fourth-order valence-electron chi connectivity index (χ4n) is 6.64. The lowest BCUT2D eigenvalue weighted by atomic mass is 9.58. The lowest BCUT2D eigenvalue weighted by Gasteiger charge is -2.59. The standard InChI is InChI=1S/C28H39NO8/c1-17-5-10-22-18(2)25(34-26-28(22)21(17)13-15-27(3,35-26)36-37-28)33-24(31)12-11-23(30)29-16-14-19-6-8-20(32-4)9-7-19/h6-9,17-18,21-22,25-26H,5,10-16H2,1-4H3,(H,29,30). The zero-order valence-electron chi connectivity index (χ0n) is 22.2. The highest BCUT2D eigenvalue weighted by atomic mass is 17.3. The maximum atomic E-state index is 12.7. The molecule has 1 amide bonds. The summed E-state index contributed by atoms with van der Waals surface area (Å²) >= 11 is 0. The van der Waals surface area contributed by atoms with Gasteiger partial charge >= 0.3 is 5.97 Å². The third-order valence-electron chi connectivity index (χ3n) is 8.80.